The lowest BCUT2D eigenvalue weighted by molar-refractivity contribution is -0.118. The molecular formula is C14H21ClN2OS. The number of benzene rings is 1. The number of thioether (sulfide) groups is 1. The highest BCUT2D eigenvalue weighted by Gasteiger charge is 2.28. The monoisotopic (exact) mass is 300 g/mol. The van der Waals surface area contributed by atoms with E-state index in [-0.39, 0.29) is 24.4 Å². The lowest BCUT2D eigenvalue weighted by Gasteiger charge is -2.11. The van der Waals surface area contributed by atoms with Gasteiger partial charge >= 0.3 is 0 Å². The predicted molar refractivity (Wildman–Crippen MR) is 82.9 cm³/mol. The Morgan fingerprint density at radius 3 is 2.79 bits per heavy atom. The van der Waals surface area contributed by atoms with Gasteiger partial charge in [0.25, 0.3) is 0 Å². The second-order valence-corrected chi connectivity index (χ2v) is 5.88. The Kier molecular flexibility index (Phi) is 6.69. The molecule has 0 aliphatic heterocycles. The van der Waals surface area contributed by atoms with Gasteiger partial charge in [-0.2, -0.15) is 0 Å². The summed E-state index contributed by atoms with van der Waals surface area (Å²) in [6.07, 6.45) is 2.43. The Hall–Kier alpha value is -0.710. The zero-order valence-corrected chi connectivity index (χ0v) is 12.7. The molecular weight excluding hydrogens is 280 g/mol. The van der Waals surface area contributed by atoms with E-state index in [2.05, 4.69) is 18.3 Å². The lowest BCUT2D eigenvalue weighted by Crippen LogP contribution is -2.39. The second kappa shape index (κ2) is 7.78. The van der Waals surface area contributed by atoms with E-state index in [1.165, 1.54) is 23.3 Å². The summed E-state index contributed by atoms with van der Waals surface area (Å²) >= 11 is 1.58. The van der Waals surface area contributed by atoms with Gasteiger partial charge in [0.15, 0.2) is 0 Å². The van der Waals surface area contributed by atoms with E-state index in [0.29, 0.717) is 18.2 Å². The van der Waals surface area contributed by atoms with Crippen LogP contribution in [0.2, 0.25) is 0 Å². The quantitative estimate of drug-likeness (QED) is 0.793. The van der Waals surface area contributed by atoms with Crippen molar-refractivity contribution in [2.45, 2.75) is 30.7 Å². The van der Waals surface area contributed by atoms with Crippen LogP contribution < -0.4 is 11.1 Å². The van der Waals surface area contributed by atoms with Crippen molar-refractivity contribution < 1.29 is 4.79 Å². The topological polar surface area (TPSA) is 55.1 Å². The summed E-state index contributed by atoms with van der Waals surface area (Å²) in [4.78, 5) is 12.9. The van der Waals surface area contributed by atoms with Gasteiger partial charge in [0.2, 0.25) is 5.91 Å². The highest BCUT2D eigenvalue weighted by molar-refractivity contribution is 8.00. The maximum atomic E-state index is 11.7. The van der Waals surface area contributed by atoms with E-state index in [4.69, 9.17) is 5.73 Å². The van der Waals surface area contributed by atoms with Crippen LogP contribution >= 0.6 is 24.2 Å². The minimum absolute atomic E-state index is 0. The van der Waals surface area contributed by atoms with E-state index in [1.54, 1.807) is 11.8 Å². The molecule has 1 fully saturated rings. The number of carbonyl (C=O) groups excluding carboxylic acids is 1. The van der Waals surface area contributed by atoms with Crippen LogP contribution in [0.5, 0.6) is 0 Å². The molecule has 1 aliphatic rings. The molecule has 0 spiro atoms. The minimum Gasteiger partial charge on any atom is -0.354 e. The van der Waals surface area contributed by atoms with Gasteiger partial charge in [0.1, 0.15) is 0 Å². The lowest BCUT2D eigenvalue weighted by atomic mass is 10.2. The fraction of sp³-hybridized carbons (Fsp3) is 0.500. The Labute approximate surface area is 125 Å². The van der Waals surface area contributed by atoms with Gasteiger partial charge in [-0.05, 0) is 37.3 Å². The molecule has 1 saturated carbocycles. The molecule has 5 heteroatoms. The average molecular weight is 301 g/mol. The zero-order valence-electron chi connectivity index (χ0n) is 11.1. The molecule has 0 saturated heterocycles. The van der Waals surface area contributed by atoms with Crippen LogP contribution in [0.15, 0.2) is 29.2 Å². The van der Waals surface area contributed by atoms with Gasteiger partial charge in [-0.3, -0.25) is 4.79 Å². The smallest absolute Gasteiger partial charge is 0.230 e. The summed E-state index contributed by atoms with van der Waals surface area (Å²) < 4.78 is 0. The Balaban J connectivity index is 0.00000180. The van der Waals surface area contributed by atoms with Gasteiger partial charge in [0.05, 0.1) is 5.75 Å². The van der Waals surface area contributed by atoms with Gasteiger partial charge in [-0.15, -0.1) is 24.2 Å². The summed E-state index contributed by atoms with van der Waals surface area (Å²) in [5, 5.41) is 2.91. The molecule has 19 heavy (non-hydrogen) atoms. The molecule has 2 rings (SSSR count). The molecule has 0 heterocycles. The van der Waals surface area contributed by atoms with Gasteiger partial charge < -0.3 is 11.1 Å². The van der Waals surface area contributed by atoms with Crippen LogP contribution in [0.4, 0.5) is 0 Å². The number of nitrogens with one attached hydrogen (secondary N) is 1. The van der Waals surface area contributed by atoms with Crippen LogP contribution in [0, 0.1) is 12.8 Å². The van der Waals surface area contributed by atoms with Gasteiger partial charge in [-0.25, -0.2) is 0 Å². The highest BCUT2D eigenvalue weighted by Crippen LogP contribution is 2.31. The normalized spacial score (nSPS) is 15.5. The molecule has 1 aromatic carbocycles. The largest absolute Gasteiger partial charge is 0.354 e. The molecule has 1 amide bonds. The van der Waals surface area contributed by atoms with Crippen LogP contribution in [0.25, 0.3) is 0 Å². The second-order valence-electron chi connectivity index (χ2n) is 4.86. The first kappa shape index (κ1) is 16.3. The van der Waals surface area contributed by atoms with Crippen molar-refractivity contribution in [1.29, 1.82) is 0 Å². The first-order valence-corrected chi connectivity index (χ1v) is 7.36. The van der Waals surface area contributed by atoms with Crippen molar-refractivity contribution in [3.63, 3.8) is 0 Å². The number of carbonyl (C=O) groups is 1. The number of rotatable bonds is 6. The van der Waals surface area contributed by atoms with E-state index in [0.717, 1.165) is 0 Å². The summed E-state index contributed by atoms with van der Waals surface area (Å²) in [7, 11) is 0. The van der Waals surface area contributed by atoms with E-state index < -0.39 is 0 Å². The van der Waals surface area contributed by atoms with E-state index in [1.807, 2.05) is 18.2 Å². The van der Waals surface area contributed by atoms with Crippen molar-refractivity contribution in [2.75, 3.05) is 12.3 Å². The molecule has 1 atom stereocenters. The van der Waals surface area contributed by atoms with Crippen LogP contribution in [0.3, 0.4) is 0 Å². The third-order valence-electron chi connectivity index (χ3n) is 3.21. The molecule has 0 aromatic heterocycles. The summed E-state index contributed by atoms with van der Waals surface area (Å²) in [5.41, 5.74) is 7.15. The van der Waals surface area contributed by atoms with E-state index >= 15 is 0 Å². The summed E-state index contributed by atoms with van der Waals surface area (Å²) in [5.74, 6) is 1.16. The fourth-order valence-corrected chi connectivity index (χ4v) is 2.69. The molecule has 106 valence electrons. The Morgan fingerprint density at radius 2 is 2.16 bits per heavy atom. The molecule has 0 radical (unpaired) electrons. The number of halogens is 1. The van der Waals surface area contributed by atoms with Crippen molar-refractivity contribution >= 4 is 30.1 Å². The van der Waals surface area contributed by atoms with Crippen molar-refractivity contribution in [3.8, 4) is 0 Å². The highest BCUT2D eigenvalue weighted by atomic mass is 35.5. The predicted octanol–water partition coefficient (Wildman–Crippen LogP) is 2.36. The van der Waals surface area contributed by atoms with Crippen LogP contribution in [0.1, 0.15) is 18.4 Å². The van der Waals surface area contributed by atoms with Crippen molar-refractivity contribution in [3.05, 3.63) is 29.8 Å². The summed E-state index contributed by atoms with van der Waals surface area (Å²) in [6.45, 7) is 2.67. The van der Waals surface area contributed by atoms with Crippen LogP contribution in [-0.2, 0) is 4.79 Å². The molecule has 1 unspecified atom stereocenters. The maximum absolute atomic E-state index is 11.7. The molecule has 1 aliphatic carbocycles. The number of hydrogen-bond acceptors (Lipinski definition) is 3. The van der Waals surface area contributed by atoms with Crippen molar-refractivity contribution in [2.24, 2.45) is 11.7 Å². The minimum atomic E-state index is 0. The number of aryl methyl sites for hydroxylation is 1. The molecule has 0 bridgehead atoms. The molecule has 3 N–H and O–H groups in total. The van der Waals surface area contributed by atoms with E-state index in [9.17, 15) is 4.79 Å². The number of nitrogens with two attached hydrogens (primary N) is 1. The fourth-order valence-electron chi connectivity index (χ4n) is 1.84. The standard InChI is InChI=1S/C14H20N2OS.ClH/c1-10-4-2-3-5-13(10)18-9-14(17)16-8-12(15)11-6-7-11;/h2-5,11-12H,6-9,15H2,1H3,(H,16,17);1H. The number of hydrogen-bond donors (Lipinski definition) is 2. The first-order chi connectivity index (χ1) is 8.66. The third-order valence-corrected chi connectivity index (χ3v) is 4.39. The molecule has 1 aromatic rings. The number of amides is 1. The first-order valence-electron chi connectivity index (χ1n) is 6.37. The van der Waals surface area contributed by atoms with Crippen LogP contribution in [-0.4, -0.2) is 24.2 Å². The average Bonchev–Trinajstić information content (AvgIpc) is 3.19. The van der Waals surface area contributed by atoms with Gasteiger partial charge in [-0.1, -0.05) is 18.2 Å². The SMILES string of the molecule is Cc1ccccc1SCC(=O)NCC(N)C1CC1.Cl. The third kappa shape index (κ3) is 5.43. The van der Waals surface area contributed by atoms with Crippen molar-refractivity contribution in [1.82, 2.24) is 5.32 Å². The van der Waals surface area contributed by atoms with Gasteiger partial charge in [0, 0.05) is 17.5 Å². The Morgan fingerprint density at radius 1 is 1.47 bits per heavy atom. The maximum Gasteiger partial charge on any atom is 0.230 e. The Bertz CT molecular complexity index is 424. The zero-order chi connectivity index (χ0) is 13.0. The summed E-state index contributed by atoms with van der Waals surface area (Å²) in [6, 6.07) is 8.24. The molecule has 3 nitrogen and oxygen atoms in total.